The first-order valence-corrected chi connectivity index (χ1v) is 6.02. The molecule has 0 saturated heterocycles. The van der Waals surface area contributed by atoms with Gasteiger partial charge in [0.1, 0.15) is 0 Å². The number of nitrogens with one attached hydrogen (secondary N) is 1. The third-order valence-electron chi connectivity index (χ3n) is 3.45. The summed E-state index contributed by atoms with van der Waals surface area (Å²) in [5.74, 6) is 1.52. The molecule has 3 atom stereocenters. The Bertz CT molecular complexity index is 147. The second kappa shape index (κ2) is 6.41. The third-order valence-corrected chi connectivity index (χ3v) is 3.45. The van der Waals surface area contributed by atoms with Crippen molar-refractivity contribution in [3.8, 4) is 0 Å². The molecule has 1 aliphatic rings. The first-order valence-electron chi connectivity index (χ1n) is 6.02. The zero-order chi connectivity index (χ0) is 10.4. The van der Waals surface area contributed by atoms with E-state index in [1.165, 1.54) is 25.7 Å². The van der Waals surface area contributed by atoms with Crippen LogP contribution in [0.4, 0.5) is 0 Å². The number of hydrogen-bond donors (Lipinski definition) is 1. The summed E-state index contributed by atoms with van der Waals surface area (Å²) in [6, 6.07) is 0.735. The van der Waals surface area contributed by atoms with E-state index in [0.29, 0.717) is 5.92 Å². The molecule has 1 fully saturated rings. The zero-order valence-electron chi connectivity index (χ0n) is 9.88. The molecular formula is C12H25NO. The molecule has 0 spiro atoms. The smallest absolute Gasteiger partial charge is 0.0491 e. The number of rotatable bonds is 5. The lowest BCUT2D eigenvalue weighted by Gasteiger charge is -2.36. The Balaban J connectivity index is 2.44. The van der Waals surface area contributed by atoms with Crippen LogP contribution in [0.5, 0.6) is 0 Å². The largest absolute Gasteiger partial charge is 0.384 e. The monoisotopic (exact) mass is 199 g/mol. The van der Waals surface area contributed by atoms with E-state index >= 15 is 0 Å². The maximum Gasteiger partial charge on any atom is 0.0491 e. The average molecular weight is 199 g/mol. The molecule has 1 saturated carbocycles. The van der Waals surface area contributed by atoms with Gasteiger partial charge in [-0.2, -0.15) is 0 Å². The van der Waals surface area contributed by atoms with Gasteiger partial charge in [0.2, 0.25) is 0 Å². The van der Waals surface area contributed by atoms with Crippen LogP contribution in [0, 0.1) is 11.8 Å². The van der Waals surface area contributed by atoms with Gasteiger partial charge in [0.15, 0.2) is 0 Å². The van der Waals surface area contributed by atoms with Crippen LogP contribution < -0.4 is 5.32 Å². The zero-order valence-corrected chi connectivity index (χ0v) is 9.88. The predicted octanol–water partition coefficient (Wildman–Crippen LogP) is 2.44. The van der Waals surface area contributed by atoms with Crippen molar-refractivity contribution in [2.24, 2.45) is 11.8 Å². The lowest BCUT2D eigenvalue weighted by Crippen LogP contribution is -2.42. The molecule has 0 bridgehead atoms. The van der Waals surface area contributed by atoms with E-state index in [9.17, 15) is 0 Å². The van der Waals surface area contributed by atoms with Crippen LogP contribution in [0.1, 0.15) is 39.5 Å². The molecule has 1 rings (SSSR count). The van der Waals surface area contributed by atoms with E-state index in [4.69, 9.17) is 4.74 Å². The van der Waals surface area contributed by atoms with Crippen LogP contribution in [-0.4, -0.2) is 26.3 Å². The van der Waals surface area contributed by atoms with Gasteiger partial charge in [-0.25, -0.2) is 0 Å². The Labute approximate surface area is 88.4 Å². The molecule has 2 nitrogen and oxygen atoms in total. The van der Waals surface area contributed by atoms with E-state index < -0.39 is 0 Å². The van der Waals surface area contributed by atoms with Gasteiger partial charge < -0.3 is 10.1 Å². The van der Waals surface area contributed by atoms with Crippen LogP contribution >= 0.6 is 0 Å². The van der Waals surface area contributed by atoms with Crippen molar-refractivity contribution in [2.75, 3.05) is 20.3 Å². The van der Waals surface area contributed by atoms with Crippen molar-refractivity contribution in [1.82, 2.24) is 5.32 Å². The molecule has 0 heterocycles. The minimum Gasteiger partial charge on any atom is -0.384 e. The normalized spacial score (nSPS) is 30.2. The van der Waals surface area contributed by atoms with E-state index in [2.05, 4.69) is 19.2 Å². The lowest BCUT2D eigenvalue weighted by atomic mass is 9.77. The number of ether oxygens (including phenoxy) is 1. The Hall–Kier alpha value is -0.0800. The highest BCUT2D eigenvalue weighted by atomic mass is 16.5. The first kappa shape index (κ1) is 12.0. The van der Waals surface area contributed by atoms with Gasteiger partial charge in [-0.1, -0.05) is 26.7 Å². The number of methoxy groups -OCH3 is 1. The van der Waals surface area contributed by atoms with E-state index in [-0.39, 0.29) is 0 Å². The molecule has 0 aromatic carbocycles. The van der Waals surface area contributed by atoms with Gasteiger partial charge in [0.05, 0.1) is 0 Å². The van der Waals surface area contributed by atoms with Gasteiger partial charge in [0, 0.05) is 19.8 Å². The maximum absolute atomic E-state index is 5.26. The van der Waals surface area contributed by atoms with Crippen LogP contribution in [0.2, 0.25) is 0 Å². The van der Waals surface area contributed by atoms with Crippen molar-refractivity contribution < 1.29 is 4.74 Å². The average Bonchev–Trinajstić information content (AvgIpc) is 2.19. The third kappa shape index (κ3) is 3.25. The Morgan fingerprint density at radius 2 is 2.07 bits per heavy atom. The molecule has 1 N–H and O–H groups in total. The summed E-state index contributed by atoms with van der Waals surface area (Å²) >= 11 is 0. The number of hydrogen-bond acceptors (Lipinski definition) is 2. The molecule has 0 aromatic heterocycles. The fourth-order valence-electron chi connectivity index (χ4n) is 2.74. The van der Waals surface area contributed by atoms with Crippen LogP contribution in [0.3, 0.4) is 0 Å². The van der Waals surface area contributed by atoms with E-state index in [1.54, 1.807) is 0 Å². The SMILES string of the molecule is CCNC1CCCCC1C(C)COC. The Morgan fingerprint density at radius 3 is 2.71 bits per heavy atom. The molecule has 14 heavy (non-hydrogen) atoms. The topological polar surface area (TPSA) is 21.3 Å². The first-order chi connectivity index (χ1) is 6.79. The van der Waals surface area contributed by atoms with Gasteiger partial charge >= 0.3 is 0 Å². The molecule has 84 valence electrons. The van der Waals surface area contributed by atoms with Crippen molar-refractivity contribution >= 4 is 0 Å². The molecular weight excluding hydrogens is 174 g/mol. The fraction of sp³-hybridized carbons (Fsp3) is 1.00. The summed E-state index contributed by atoms with van der Waals surface area (Å²) in [4.78, 5) is 0. The van der Waals surface area contributed by atoms with Crippen molar-refractivity contribution in [3.63, 3.8) is 0 Å². The summed E-state index contributed by atoms with van der Waals surface area (Å²) in [7, 11) is 1.81. The summed E-state index contributed by atoms with van der Waals surface area (Å²) in [6.45, 7) is 6.53. The second-order valence-corrected chi connectivity index (χ2v) is 4.55. The Morgan fingerprint density at radius 1 is 1.36 bits per heavy atom. The van der Waals surface area contributed by atoms with E-state index in [1.807, 2.05) is 7.11 Å². The molecule has 0 amide bonds. The molecule has 0 aliphatic heterocycles. The summed E-state index contributed by atoms with van der Waals surface area (Å²) < 4.78 is 5.26. The summed E-state index contributed by atoms with van der Waals surface area (Å²) in [5.41, 5.74) is 0. The highest BCUT2D eigenvalue weighted by Crippen LogP contribution is 2.30. The van der Waals surface area contributed by atoms with Crippen LogP contribution in [0.15, 0.2) is 0 Å². The quantitative estimate of drug-likeness (QED) is 0.734. The lowest BCUT2D eigenvalue weighted by molar-refractivity contribution is 0.0966. The summed E-state index contributed by atoms with van der Waals surface area (Å²) in [5, 5.41) is 3.62. The molecule has 1 aliphatic carbocycles. The molecule has 0 aromatic rings. The van der Waals surface area contributed by atoms with Gasteiger partial charge in [-0.05, 0) is 31.2 Å². The fourth-order valence-corrected chi connectivity index (χ4v) is 2.74. The van der Waals surface area contributed by atoms with Crippen LogP contribution in [0.25, 0.3) is 0 Å². The minimum absolute atomic E-state index is 0.698. The van der Waals surface area contributed by atoms with Crippen molar-refractivity contribution in [1.29, 1.82) is 0 Å². The summed E-state index contributed by atoms with van der Waals surface area (Å²) in [6.07, 6.45) is 5.53. The van der Waals surface area contributed by atoms with Crippen molar-refractivity contribution in [3.05, 3.63) is 0 Å². The molecule has 2 heteroatoms. The van der Waals surface area contributed by atoms with Crippen LogP contribution in [-0.2, 0) is 4.74 Å². The maximum atomic E-state index is 5.26. The van der Waals surface area contributed by atoms with Gasteiger partial charge in [0.25, 0.3) is 0 Å². The van der Waals surface area contributed by atoms with E-state index in [0.717, 1.165) is 25.1 Å². The Kier molecular flexibility index (Phi) is 5.49. The molecule has 3 unspecified atom stereocenters. The standard InChI is InChI=1S/C12H25NO/c1-4-13-12-8-6-5-7-11(12)10(2)9-14-3/h10-13H,4-9H2,1-3H3. The predicted molar refractivity (Wildman–Crippen MR) is 60.5 cm³/mol. The highest BCUT2D eigenvalue weighted by molar-refractivity contribution is 4.83. The van der Waals surface area contributed by atoms with Gasteiger partial charge in [-0.15, -0.1) is 0 Å². The van der Waals surface area contributed by atoms with Gasteiger partial charge in [-0.3, -0.25) is 0 Å². The highest BCUT2D eigenvalue weighted by Gasteiger charge is 2.28. The minimum atomic E-state index is 0.698. The molecule has 0 radical (unpaired) electrons. The van der Waals surface area contributed by atoms with Crippen molar-refractivity contribution in [2.45, 2.75) is 45.6 Å². The second-order valence-electron chi connectivity index (χ2n) is 4.55.